The molecule has 0 bridgehead atoms. The molecule has 1 heterocycles. The zero-order valence-corrected chi connectivity index (χ0v) is 7.46. The molecule has 2 rings (SSSR count). The van der Waals surface area contributed by atoms with Gasteiger partial charge in [-0.05, 0) is 30.5 Å². The second-order valence-corrected chi connectivity index (χ2v) is 3.40. The number of nitrogens with one attached hydrogen (secondary N) is 1. The lowest BCUT2D eigenvalue weighted by Gasteiger charge is -1.91. The lowest BCUT2D eigenvalue weighted by molar-refractivity contribution is 0.953. The molecule has 0 amide bonds. The Bertz CT molecular complexity index is 310. The predicted molar refractivity (Wildman–Crippen MR) is 52.8 cm³/mol. The van der Waals surface area contributed by atoms with Crippen LogP contribution in [0.1, 0.15) is 23.9 Å². The predicted octanol–water partition coefficient (Wildman–Crippen LogP) is 3.00. The van der Waals surface area contributed by atoms with Gasteiger partial charge in [0, 0.05) is 11.4 Å². The average Bonchev–Trinajstić information content (AvgIpc) is 2.31. The van der Waals surface area contributed by atoms with E-state index in [0.717, 1.165) is 0 Å². The molecule has 1 aliphatic carbocycles. The Morgan fingerprint density at radius 3 is 2.83 bits per heavy atom. The Balaban J connectivity index is 2.49. The molecular weight excluding hydrogens is 146 g/mol. The molecule has 0 saturated heterocycles. The van der Waals surface area contributed by atoms with Gasteiger partial charge in [0.1, 0.15) is 0 Å². The fourth-order valence-electron chi connectivity index (χ4n) is 1.48. The zero-order valence-electron chi connectivity index (χ0n) is 7.46. The SMILES string of the molecule is Cc1cc2c([nH]1)C=CC(C)C=C2. The number of rotatable bonds is 0. The van der Waals surface area contributed by atoms with Gasteiger partial charge in [-0.2, -0.15) is 0 Å². The maximum Gasteiger partial charge on any atom is 0.0452 e. The van der Waals surface area contributed by atoms with Crippen LogP contribution in [0.25, 0.3) is 12.2 Å². The van der Waals surface area contributed by atoms with Crippen LogP contribution < -0.4 is 0 Å². The number of hydrogen-bond acceptors (Lipinski definition) is 0. The van der Waals surface area contributed by atoms with Crippen LogP contribution in [-0.4, -0.2) is 4.98 Å². The highest BCUT2D eigenvalue weighted by Crippen LogP contribution is 2.19. The fourth-order valence-corrected chi connectivity index (χ4v) is 1.48. The van der Waals surface area contributed by atoms with E-state index in [0.29, 0.717) is 5.92 Å². The first-order chi connectivity index (χ1) is 5.75. The summed E-state index contributed by atoms with van der Waals surface area (Å²) in [6, 6.07) is 2.17. The van der Waals surface area contributed by atoms with Crippen molar-refractivity contribution in [3.63, 3.8) is 0 Å². The van der Waals surface area contributed by atoms with E-state index in [-0.39, 0.29) is 0 Å². The third kappa shape index (κ3) is 1.22. The van der Waals surface area contributed by atoms with Gasteiger partial charge in [0.15, 0.2) is 0 Å². The molecule has 1 aliphatic rings. The normalized spacial score (nSPS) is 20.7. The summed E-state index contributed by atoms with van der Waals surface area (Å²) in [7, 11) is 0. The summed E-state index contributed by atoms with van der Waals surface area (Å²) in [4.78, 5) is 3.32. The molecule has 0 aliphatic heterocycles. The first-order valence-corrected chi connectivity index (χ1v) is 4.32. The molecule has 1 aromatic rings. The number of fused-ring (bicyclic) bond motifs is 1. The van der Waals surface area contributed by atoms with Crippen molar-refractivity contribution in [1.82, 2.24) is 4.98 Å². The average molecular weight is 159 g/mol. The zero-order chi connectivity index (χ0) is 8.55. The van der Waals surface area contributed by atoms with E-state index in [1.165, 1.54) is 17.0 Å². The van der Waals surface area contributed by atoms with E-state index in [4.69, 9.17) is 0 Å². The maximum absolute atomic E-state index is 3.32. The Hall–Kier alpha value is -1.24. The fraction of sp³-hybridized carbons (Fsp3) is 0.273. The topological polar surface area (TPSA) is 15.8 Å². The highest BCUT2D eigenvalue weighted by atomic mass is 14.7. The molecule has 1 atom stereocenters. The number of aromatic amines is 1. The van der Waals surface area contributed by atoms with E-state index in [1.807, 2.05) is 0 Å². The number of hydrogen-bond donors (Lipinski definition) is 1. The summed E-state index contributed by atoms with van der Waals surface area (Å²) in [5.74, 6) is 0.547. The van der Waals surface area contributed by atoms with Crippen LogP contribution >= 0.6 is 0 Å². The number of allylic oxidation sites excluding steroid dienone is 2. The van der Waals surface area contributed by atoms with Crippen molar-refractivity contribution in [1.29, 1.82) is 0 Å². The molecular formula is C11H13N. The van der Waals surface area contributed by atoms with Gasteiger partial charge in [-0.3, -0.25) is 0 Å². The maximum atomic E-state index is 3.32. The summed E-state index contributed by atoms with van der Waals surface area (Å²) in [5, 5.41) is 0. The molecule has 62 valence electrons. The summed E-state index contributed by atoms with van der Waals surface area (Å²) < 4.78 is 0. The van der Waals surface area contributed by atoms with Gasteiger partial charge in [0.05, 0.1) is 0 Å². The summed E-state index contributed by atoms with van der Waals surface area (Å²) in [6.45, 7) is 4.27. The second-order valence-electron chi connectivity index (χ2n) is 3.40. The van der Waals surface area contributed by atoms with Gasteiger partial charge in [0.25, 0.3) is 0 Å². The molecule has 1 N–H and O–H groups in total. The Labute approximate surface area is 72.8 Å². The summed E-state index contributed by atoms with van der Waals surface area (Å²) >= 11 is 0. The van der Waals surface area contributed by atoms with Gasteiger partial charge >= 0.3 is 0 Å². The van der Waals surface area contributed by atoms with Crippen LogP contribution in [0.3, 0.4) is 0 Å². The van der Waals surface area contributed by atoms with E-state index in [2.05, 4.69) is 49.2 Å². The van der Waals surface area contributed by atoms with Crippen LogP contribution in [0.2, 0.25) is 0 Å². The third-order valence-corrected chi connectivity index (χ3v) is 2.16. The molecule has 0 saturated carbocycles. The van der Waals surface area contributed by atoms with Gasteiger partial charge in [-0.1, -0.05) is 25.2 Å². The van der Waals surface area contributed by atoms with Crippen LogP contribution in [0, 0.1) is 12.8 Å². The molecule has 0 fully saturated rings. The molecule has 0 spiro atoms. The van der Waals surface area contributed by atoms with Crippen LogP contribution in [0.5, 0.6) is 0 Å². The van der Waals surface area contributed by atoms with Crippen molar-refractivity contribution < 1.29 is 0 Å². The molecule has 1 nitrogen and oxygen atoms in total. The second kappa shape index (κ2) is 2.67. The van der Waals surface area contributed by atoms with Crippen LogP contribution in [0.15, 0.2) is 18.2 Å². The lowest BCUT2D eigenvalue weighted by Crippen LogP contribution is -1.78. The molecule has 1 heteroatoms. The highest BCUT2D eigenvalue weighted by Gasteiger charge is 2.03. The van der Waals surface area contributed by atoms with Crippen molar-refractivity contribution in [2.24, 2.45) is 5.92 Å². The number of aryl methyl sites for hydroxylation is 1. The first-order valence-electron chi connectivity index (χ1n) is 4.32. The molecule has 0 aromatic carbocycles. The Morgan fingerprint density at radius 1 is 1.25 bits per heavy atom. The highest BCUT2D eigenvalue weighted by molar-refractivity contribution is 5.66. The van der Waals surface area contributed by atoms with Crippen molar-refractivity contribution in [2.75, 3.05) is 0 Å². The van der Waals surface area contributed by atoms with E-state index < -0.39 is 0 Å². The number of H-pyrrole nitrogens is 1. The standard InChI is InChI=1S/C11H13N/c1-8-3-5-10-7-9(2)12-11(10)6-4-8/h3-8,12H,1-2H3. The van der Waals surface area contributed by atoms with Gasteiger partial charge in [0.2, 0.25) is 0 Å². The monoisotopic (exact) mass is 159 g/mol. The molecule has 0 radical (unpaired) electrons. The minimum atomic E-state index is 0.547. The molecule has 12 heavy (non-hydrogen) atoms. The quantitative estimate of drug-likeness (QED) is 0.599. The Kier molecular flexibility index (Phi) is 1.65. The minimum absolute atomic E-state index is 0.547. The van der Waals surface area contributed by atoms with Crippen LogP contribution in [0.4, 0.5) is 0 Å². The van der Waals surface area contributed by atoms with Crippen molar-refractivity contribution in [3.8, 4) is 0 Å². The van der Waals surface area contributed by atoms with E-state index in [9.17, 15) is 0 Å². The lowest BCUT2D eigenvalue weighted by atomic mass is 10.1. The van der Waals surface area contributed by atoms with Crippen molar-refractivity contribution in [2.45, 2.75) is 13.8 Å². The minimum Gasteiger partial charge on any atom is -0.359 e. The van der Waals surface area contributed by atoms with Crippen molar-refractivity contribution in [3.05, 3.63) is 35.2 Å². The molecule has 1 aromatic heterocycles. The first kappa shape index (κ1) is 7.41. The largest absolute Gasteiger partial charge is 0.359 e. The van der Waals surface area contributed by atoms with Crippen LogP contribution in [-0.2, 0) is 0 Å². The van der Waals surface area contributed by atoms with E-state index in [1.54, 1.807) is 0 Å². The molecule has 1 unspecified atom stereocenters. The number of aromatic nitrogens is 1. The third-order valence-electron chi connectivity index (χ3n) is 2.16. The summed E-state index contributed by atoms with van der Waals surface area (Å²) in [5.41, 5.74) is 3.75. The van der Waals surface area contributed by atoms with Gasteiger partial charge in [-0.15, -0.1) is 0 Å². The smallest absolute Gasteiger partial charge is 0.0452 e. The summed E-state index contributed by atoms with van der Waals surface area (Å²) in [6.07, 6.45) is 8.77. The van der Waals surface area contributed by atoms with Gasteiger partial charge in [-0.25, -0.2) is 0 Å². The van der Waals surface area contributed by atoms with Crippen molar-refractivity contribution >= 4 is 12.2 Å². The van der Waals surface area contributed by atoms with E-state index >= 15 is 0 Å². The Morgan fingerprint density at radius 2 is 2.00 bits per heavy atom. The van der Waals surface area contributed by atoms with Gasteiger partial charge < -0.3 is 4.98 Å².